The second kappa shape index (κ2) is 6.81. The standard InChI is InChI=1S/C15H19FN2OS/c1-3-12(17)7-11-5-4-6-13(16)15(11)19-8-14-18-10(2)9-20-14/h4-6,9,12H,3,7-8,17H2,1-2H3. The summed E-state index contributed by atoms with van der Waals surface area (Å²) in [5, 5.41) is 2.80. The molecule has 0 amide bonds. The number of hydrogen-bond donors (Lipinski definition) is 1. The zero-order valence-corrected chi connectivity index (χ0v) is 12.5. The molecule has 1 unspecified atom stereocenters. The molecule has 0 fully saturated rings. The van der Waals surface area contributed by atoms with Crippen LogP contribution in [-0.2, 0) is 13.0 Å². The summed E-state index contributed by atoms with van der Waals surface area (Å²) in [7, 11) is 0. The molecule has 1 heterocycles. The van der Waals surface area contributed by atoms with Gasteiger partial charge in [0.15, 0.2) is 11.6 Å². The number of nitrogens with zero attached hydrogens (tertiary/aromatic N) is 1. The van der Waals surface area contributed by atoms with E-state index in [1.54, 1.807) is 6.07 Å². The average molecular weight is 294 g/mol. The van der Waals surface area contributed by atoms with Gasteiger partial charge in [-0.05, 0) is 31.4 Å². The molecule has 2 N–H and O–H groups in total. The minimum Gasteiger partial charge on any atom is -0.483 e. The third-order valence-electron chi connectivity index (χ3n) is 3.06. The van der Waals surface area contributed by atoms with Crippen LogP contribution in [0.2, 0.25) is 0 Å². The normalized spacial score (nSPS) is 12.4. The van der Waals surface area contributed by atoms with Crippen molar-refractivity contribution in [2.45, 2.75) is 39.3 Å². The van der Waals surface area contributed by atoms with E-state index in [0.717, 1.165) is 22.7 Å². The highest BCUT2D eigenvalue weighted by Crippen LogP contribution is 2.25. The van der Waals surface area contributed by atoms with Crippen LogP contribution in [-0.4, -0.2) is 11.0 Å². The van der Waals surface area contributed by atoms with Crippen molar-refractivity contribution in [2.24, 2.45) is 5.73 Å². The van der Waals surface area contributed by atoms with Gasteiger partial charge >= 0.3 is 0 Å². The summed E-state index contributed by atoms with van der Waals surface area (Å²) >= 11 is 1.52. The summed E-state index contributed by atoms with van der Waals surface area (Å²) in [6.07, 6.45) is 1.46. The SMILES string of the molecule is CCC(N)Cc1cccc(F)c1OCc1nc(C)cs1. The van der Waals surface area contributed by atoms with Gasteiger partial charge in [0, 0.05) is 17.1 Å². The maximum Gasteiger partial charge on any atom is 0.165 e. The first-order valence-electron chi connectivity index (χ1n) is 6.67. The van der Waals surface area contributed by atoms with Gasteiger partial charge in [-0.15, -0.1) is 11.3 Å². The van der Waals surface area contributed by atoms with Gasteiger partial charge in [0.1, 0.15) is 11.6 Å². The number of ether oxygens (including phenoxy) is 1. The predicted molar refractivity (Wildman–Crippen MR) is 79.6 cm³/mol. The van der Waals surface area contributed by atoms with Crippen LogP contribution in [0.3, 0.4) is 0 Å². The summed E-state index contributed by atoms with van der Waals surface area (Å²) in [6.45, 7) is 4.23. The van der Waals surface area contributed by atoms with Gasteiger partial charge in [-0.2, -0.15) is 0 Å². The zero-order chi connectivity index (χ0) is 14.5. The van der Waals surface area contributed by atoms with E-state index in [1.807, 2.05) is 25.3 Å². The van der Waals surface area contributed by atoms with Gasteiger partial charge in [0.25, 0.3) is 0 Å². The van der Waals surface area contributed by atoms with Crippen molar-refractivity contribution in [2.75, 3.05) is 0 Å². The molecule has 0 bridgehead atoms. The van der Waals surface area contributed by atoms with Crippen LogP contribution in [0.15, 0.2) is 23.6 Å². The predicted octanol–water partition coefficient (Wildman–Crippen LogP) is 3.45. The highest BCUT2D eigenvalue weighted by molar-refractivity contribution is 7.09. The van der Waals surface area contributed by atoms with Crippen molar-refractivity contribution in [3.8, 4) is 5.75 Å². The molecule has 108 valence electrons. The highest BCUT2D eigenvalue weighted by atomic mass is 32.1. The molecule has 0 radical (unpaired) electrons. The van der Waals surface area contributed by atoms with Crippen molar-refractivity contribution < 1.29 is 9.13 Å². The molecule has 20 heavy (non-hydrogen) atoms. The first kappa shape index (κ1) is 14.9. The molecule has 0 aliphatic carbocycles. The lowest BCUT2D eigenvalue weighted by molar-refractivity contribution is 0.285. The van der Waals surface area contributed by atoms with Crippen LogP contribution in [0.25, 0.3) is 0 Å². The molecule has 2 aromatic rings. The molecule has 1 aromatic carbocycles. The molecule has 5 heteroatoms. The first-order chi connectivity index (χ1) is 9.60. The number of aryl methyl sites for hydroxylation is 1. The minimum absolute atomic E-state index is 0.0151. The fourth-order valence-corrected chi connectivity index (χ4v) is 2.59. The Morgan fingerprint density at radius 3 is 2.90 bits per heavy atom. The summed E-state index contributed by atoms with van der Waals surface area (Å²) in [5.74, 6) is -0.0525. The number of thiazole rings is 1. The Labute approximate surface area is 122 Å². The maximum atomic E-state index is 13.9. The van der Waals surface area contributed by atoms with Gasteiger partial charge in [-0.1, -0.05) is 19.1 Å². The fourth-order valence-electron chi connectivity index (χ4n) is 1.91. The second-order valence-corrected chi connectivity index (χ2v) is 5.71. The number of hydrogen-bond acceptors (Lipinski definition) is 4. The monoisotopic (exact) mass is 294 g/mol. The highest BCUT2D eigenvalue weighted by Gasteiger charge is 2.13. The van der Waals surface area contributed by atoms with Gasteiger partial charge < -0.3 is 10.5 Å². The number of nitrogens with two attached hydrogens (primary N) is 1. The Hall–Kier alpha value is -1.46. The summed E-state index contributed by atoms with van der Waals surface area (Å²) in [4.78, 5) is 4.31. The van der Waals surface area contributed by atoms with Crippen LogP contribution < -0.4 is 10.5 Å². The molecule has 0 spiro atoms. The summed E-state index contributed by atoms with van der Waals surface area (Å²) in [5.41, 5.74) is 7.71. The maximum absolute atomic E-state index is 13.9. The first-order valence-corrected chi connectivity index (χ1v) is 7.55. The third-order valence-corrected chi connectivity index (χ3v) is 4.00. The topological polar surface area (TPSA) is 48.1 Å². The molecular weight excluding hydrogens is 275 g/mol. The molecule has 1 atom stereocenters. The van der Waals surface area contributed by atoms with Crippen LogP contribution >= 0.6 is 11.3 Å². The second-order valence-electron chi connectivity index (χ2n) is 4.77. The molecular formula is C15H19FN2OS. The lowest BCUT2D eigenvalue weighted by atomic mass is 10.0. The third kappa shape index (κ3) is 3.77. The van der Waals surface area contributed by atoms with Crippen molar-refractivity contribution in [3.63, 3.8) is 0 Å². The summed E-state index contributed by atoms with van der Waals surface area (Å²) < 4.78 is 19.6. The Kier molecular flexibility index (Phi) is 5.09. The minimum atomic E-state index is -0.348. The summed E-state index contributed by atoms with van der Waals surface area (Å²) in [6, 6.07) is 4.97. The average Bonchev–Trinajstić information content (AvgIpc) is 2.83. The molecule has 0 aliphatic rings. The molecule has 0 aliphatic heterocycles. The quantitative estimate of drug-likeness (QED) is 0.887. The van der Waals surface area contributed by atoms with Crippen molar-refractivity contribution >= 4 is 11.3 Å². The van der Waals surface area contributed by atoms with E-state index < -0.39 is 0 Å². The number of para-hydroxylation sites is 1. The van der Waals surface area contributed by atoms with Gasteiger partial charge in [0.05, 0.1) is 0 Å². The molecule has 0 saturated heterocycles. The number of benzene rings is 1. The van der Waals surface area contributed by atoms with Crippen molar-refractivity contribution in [1.82, 2.24) is 4.98 Å². The lowest BCUT2D eigenvalue weighted by Crippen LogP contribution is -2.22. The zero-order valence-electron chi connectivity index (χ0n) is 11.7. The number of rotatable bonds is 6. The van der Waals surface area contributed by atoms with Crippen LogP contribution in [0.5, 0.6) is 5.75 Å². The van der Waals surface area contributed by atoms with E-state index in [-0.39, 0.29) is 18.5 Å². The number of halogens is 1. The Morgan fingerprint density at radius 1 is 1.45 bits per heavy atom. The molecule has 1 aromatic heterocycles. The van der Waals surface area contributed by atoms with Crippen LogP contribution in [0.1, 0.15) is 29.6 Å². The Bertz CT molecular complexity index is 571. The Balaban J connectivity index is 2.12. The van der Waals surface area contributed by atoms with Crippen LogP contribution in [0, 0.1) is 12.7 Å². The van der Waals surface area contributed by atoms with E-state index in [1.165, 1.54) is 17.4 Å². The molecule has 0 saturated carbocycles. The molecule has 3 nitrogen and oxygen atoms in total. The van der Waals surface area contributed by atoms with Gasteiger partial charge in [0.2, 0.25) is 0 Å². The van der Waals surface area contributed by atoms with Crippen molar-refractivity contribution in [1.29, 1.82) is 0 Å². The van der Waals surface area contributed by atoms with Gasteiger partial charge in [-0.3, -0.25) is 0 Å². The van der Waals surface area contributed by atoms with Crippen LogP contribution in [0.4, 0.5) is 4.39 Å². The largest absolute Gasteiger partial charge is 0.483 e. The van der Waals surface area contributed by atoms with E-state index in [2.05, 4.69) is 4.98 Å². The number of aromatic nitrogens is 1. The van der Waals surface area contributed by atoms with E-state index >= 15 is 0 Å². The van der Waals surface area contributed by atoms with Crippen molar-refractivity contribution in [3.05, 3.63) is 45.7 Å². The lowest BCUT2D eigenvalue weighted by Gasteiger charge is -2.14. The Morgan fingerprint density at radius 2 is 2.25 bits per heavy atom. The molecule has 2 rings (SSSR count). The fraction of sp³-hybridized carbons (Fsp3) is 0.400. The van der Waals surface area contributed by atoms with Gasteiger partial charge in [-0.25, -0.2) is 9.37 Å². The van der Waals surface area contributed by atoms with E-state index in [9.17, 15) is 4.39 Å². The van der Waals surface area contributed by atoms with E-state index in [0.29, 0.717) is 12.2 Å². The smallest absolute Gasteiger partial charge is 0.165 e. The van der Waals surface area contributed by atoms with E-state index in [4.69, 9.17) is 10.5 Å².